The molecule has 3 atom stereocenters. The molecule has 1 aromatic heterocycles. The van der Waals surface area contributed by atoms with Gasteiger partial charge in [-0.3, -0.25) is 4.68 Å². The van der Waals surface area contributed by atoms with E-state index in [9.17, 15) is 9.50 Å². The fourth-order valence-electron chi connectivity index (χ4n) is 3.45. The van der Waals surface area contributed by atoms with Crippen molar-refractivity contribution in [2.24, 2.45) is 7.05 Å². The smallest absolute Gasteiger partial charge is 0.123 e. The lowest BCUT2D eigenvalue weighted by Gasteiger charge is -2.28. The molecule has 1 heterocycles. The summed E-state index contributed by atoms with van der Waals surface area (Å²) >= 11 is 0. The summed E-state index contributed by atoms with van der Waals surface area (Å²) in [6.07, 6.45) is 5.28. The summed E-state index contributed by atoms with van der Waals surface area (Å²) in [6, 6.07) is 6.52. The average Bonchev–Trinajstić information content (AvgIpc) is 2.90. The molecule has 0 fully saturated rings. The third-order valence-electron chi connectivity index (χ3n) is 4.69. The molecule has 1 aliphatic rings. The Bertz CT molecular complexity index is 653. The Morgan fingerprint density at radius 3 is 2.87 bits per heavy atom. The zero-order valence-electron chi connectivity index (χ0n) is 13.7. The van der Waals surface area contributed by atoms with E-state index in [0.29, 0.717) is 12.5 Å². The molecule has 4 nitrogen and oxygen atoms in total. The molecule has 23 heavy (non-hydrogen) atoms. The SMILES string of the molecule is CC(CC(O)c1ccc(F)cc1)NC1CCCc2c1cnn2C. The van der Waals surface area contributed by atoms with Crippen molar-refractivity contribution in [2.75, 3.05) is 0 Å². The highest BCUT2D eigenvalue weighted by Crippen LogP contribution is 2.30. The number of fused-ring (bicyclic) bond motifs is 1. The Balaban J connectivity index is 1.61. The molecule has 0 amide bonds. The van der Waals surface area contributed by atoms with Gasteiger partial charge in [-0.15, -0.1) is 0 Å². The second-order valence-electron chi connectivity index (χ2n) is 6.49. The number of aliphatic hydroxyl groups excluding tert-OH is 1. The lowest BCUT2D eigenvalue weighted by atomic mass is 9.92. The number of aryl methyl sites for hydroxylation is 1. The molecule has 124 valence electrons. The van der Waals surface area contributed by atoms with Crippen LogP contribution in [0.1, 0.15) is 55.2 Å². The van der Waals surface area contributed by atoms with Crippen LogP contribution in [0.2, 0.25) is 0 Å². The normalized spacial score (nSPS) is 20.1. The maximum absolute atomic E-state index is 13.0. The molecule has 3 unspecified atom stereocenters. The van der Waals surface area contributed by atoms with Gasteiger partial charge in [0.1, 0.15) is 5.82 Å². The van der Waals surface area contributed by atoms with Crippen molar-refractivity contribution >= 4 is 0 Å². The molecule has 0 saturated heterocycles. The van der Waals surface area contributed by atoms with Gasteiger partial charge in [-0.05, 0) is 50.3 Å². The van der Waals surface area contributed by atoms with Gasteiger partial charge in [-0.1, -0.05) is 12.1 Å². The summed E-state index contributed by atoms with van der Waals surface area (Å²) in [5.74, 6) is -0.279. The Hall–Kier alpha value is -1.72. The third kappa shape index (κ3) is 3.62. The maximum Gasteiger partial charge on any atom is 0.123 e. The highest BCUT2D eigenvalue weighted by atomic mass is 19.1. The molecule has 5 heteroatoms. The molecule has 3 rings (SSSR count). The number of hydrogen-bond donors (Lipinski definition) is 2. The Morgan fingerprint density at radius 2 is 2.13 bits per heavy atom. The Kier molecular flexibility index (Phi) is 4.78. The minimum Gasteiger partial charge on any atom is -0.388 e. The molecule has 0 bridgehead atoms. The molecule has 1 aliphatic carbocycles. The van der Waals surface area contributed by atoms with Gasteiger partial charge in [0.15, 0.2) is 0 Å². The van der Waals surface area contributed by atoms with Crippen LogP contribution in [0.4, 0.5) is 4.39 Å². The first-order valence-electron chi connectivity index (χ1n) is 8.25. The zero-order valence-corrected chi connectivity index (χ0v) is 13.7. The van der Waals surface area contributed by atoms with Crippen LogP contribution < -0.4 is 5.32 Å². The van der Waals surface area contributed by atoms with E-state index < -0.39 is 6.10 Å². The Morgan fingerprint density at radius 1 is 1.39 bits per heavy atom. The van der Waals surface area contributed by atoms with E-state index in [2.05, 4.69) is 17.3 Å². The summed E-state index contributed by atoms with van der Waals surface area (Å²) in [6.45, 7) is 2.08. The van der Waals surface area contributed by atoms with Crippen molar-refractivity contribution < 1.29 is 9.50 Å². The molecular weight excluding hydrogens is 293 g/mol. The average molecular weight is 317 g/mol. The Labute approximate surface area is 136 Å². The lowest BCUT2D eigenvalue weighted by Crippen LogP contribution is -2.33. The number of benzene rings is 1. The topological polar surface area (TPSA) is 50.1 Å². The quantitative estimate of drug-likeness (QED) is 0.891. The van der Waals surface area contributed by atoms with E-state index in [1.165, 1.54) is 23.4 Å². The van der Waals surface area contributed by atoms with E-state index in [4.69, 9.17) is 0 Å². The highest BCUT2D eigenvalue weighted by molar-refractivity contribution is 5.25. The summed E-state index contributed by atoms with van der Waals surface area (Å²) < 4.78 is 14.9. The van der Waals surface area contributed by atoms with Crippen molar-refractivity contribution in [1.82, 2.24) is 15.1 Å². The van der Waals surface area contributed by atoms with Crippen molar-refractivity contribution in [3.05, 3.63) is 53.1 Å². The van der Waals surface area contributed by atoms with Gasteiger partial charge < -0.3 is 10.4 Å². The standard InChI is InChI=1S/C18H24FN3O/c1-12(10-18(23)13-6-8-14(19)9-7-13)21-16-4-3-5-17-15(16)11-20-22(17)2/h6-9,11-12,16,18,21,23H,3-5,10H2,1-2H3. The van der Waals surface area contributed by atoms with Crippen molar-refractivity contribution in [1.29, 1.82) is 0 Å². The second kappa shape index (κ2) is 6.81. The van der Waals surface area contributed by atoms with Crippen LogP contribution >= 0.6 is 0 Å². The fraction of sp³-hybridized carbons (Fsp3) is 0.500. The van der Waals surface area contributed by atoms with Crippen LogP contribution in [0.3, 0.4) is 0 Å². The second-order valence-corrected chi connectivity index (χ2v) is 6.49. The third-order valence-corrected chi connectivity index (χ3v) is 4.69. The molecule has 0 spiro atoms. The predicted octanol–water partition coefficient (Wildman–Crippen LogP) is 3.04. The number of nitrogens with one attached hydrogen (secondary N) is 1. The van der Waals surface area contributed by atoms with Crippen molar-refractivity contribution in [2.45, 2.75) is 50.8 Å². The zero-order chi connectivity index (χ0) is 16.4. The summed E-state index contributed by atoms with van der Waals surface area (Å²) in [5, 5.41) is 18.3. The highest BCUT2D eigenvalue weighted by Gasteiger charge is 2.25. The molecular formula is C18H24FN3O. The number of aromatic nitrogens is 2. The van der Waals surface area contributed by atoms with Gasteiger partial charge >= 0.3 is 0 Å². The van der Waals surface area contributed by atoms with Crippen molar-refractivity contribution in [3.63, 3.8) is 0 Å². The van der Waals surface area contributed by atoms with Crippen LogP contribution in [0.25, 0.3) is 0 Å². The first-order valence-corrected chi connectivity index (χ1v) is 8.25. The molecule has 1 aromatic carbocycles. The fourth-order valence-corrected chi connectivity index (χ4v) is 3.45. The lowest BCUT2D eigenvalue weighted by molar-refractivity contribution is 0.150. The first-order chi connectivity index (χ1) is 11.0. The van der Waals surface area contributed by atoms with Gasteiger partial charge in [0, 0.05) is 30.4 Å². The number of nitrogens with zero attached hydrogens (tertiary/aromatic N) is 2. The largest absolute Gasteiger partial charge is 0.388 e. The number of halogens is 1. The predicted molar refractivity (Wildman–Crippen MR) is 87.5 cm³/mol. The minimum atomic E-state index is -0.588. The van der Waals surface area contributed by atoms with Gasteiger partial charge in [0.25, 0.3) is 0 Å². The number of hydrogen-bond acceptors (Lipinski definition) is 3. The molecule has 2 aromatic rings. The van der Waals surface area contributed by atoms with Crippen LogP contribution in [-0.2, 0) is 13.5 Å². The van der Waals surface area contributed by atoms with Gasteiger partial charge in [0.05, 0.1) is 12.3 Å². The van der Waals surface area contributed by atoms with Crippen molar-refractivity contribution in [3.8, 4) is 0 Å². The van der Waals surface area contributed by atoms with Crippen LogP contribution in [0.15, 0.2) is 30.5 Å². The van der Waals surface area contributed by atoms with E-state index in [0.717, 1.165) is 24.8 Å². The van der Waals surface area contributed by atoms with Gasteiger partial charge in [-0.2, -0.15) is 5.10 Å². The van der Waals surface area contributed by atoms with E-state index in [1.807, 2.05) is 17.9 Å². The molecule has 0 aliphatic heterocycles. The van der Waals surface area contributed by atoms with Gasteiger partial charge in [-0.25, -0.2) is 4.39 Å². The van der Waals surface area contributed by atoms with E-state index >= 15 is 0 Å². The van der Waals surface area contributed by atoms with Gasteiger partial charge in [0.2, 0.25) is 0 Å². The maximum atomic E-state index is 13.0. The summed E-state index contributed by atoms with van der Waals surface area (Å²) in [4.78, 5) is 0. The summed E-state index contributed by atoms with van der Waals surface area (Å²) in [5.41, 5.74) is 3.34. The molecule has 2 N–H and O–H groups in total. The van der Waals surface area contributed by atoms with Crippen LogP contribution in [0.5, 0.6) is 0 Å². The van der Waals surface area contributed by atoms with Crippen LogP contribution in [0, 0.1) is 5.82 Å². The van der Waals surface area contributed by atoms with E-state index in [1.54, 1.807) is 12.1 Å². The molecule has 0 saturated carbocycles. The monoisotopic (exact) mass is 317 g/mol. The van der Waals surface area contributed by atoms with Crippen LogP contribution in [-0.4, -0.2) is 20.9 Å². The first kappa shape index (κ1) is 16.1. The molecule has 0 radical (unpaired) electrons. The number of aliphatic hydroxyl groups is 1. The summed E-state index contributed by atoms with van der Waals surface area (Å²) in [7, 11) is 1.99. The number of rotatable bonds is 5. The van der Waals surface area contributed by atoms with E-state index in [-0.39, 0.29) is 11.9 Å². The minimum absolute atomic E-state index is 0.159.